The molecule has 82 valence electrons. The van der Waals surface area contributed by atoms with Crippen molar-refractivity contribution in [2.45, 2.75) is 0 Å². The van der Waals surface area contributed by atoms with E-state index in [4.69, 9.17) is 5.73 Å². The first-order valence-electron chi connectivity index (χ1n) is 4.59. The van der Waals surface area contributed by atoms with Crippen molar-refractivity contribution in [2.24, 2.45) is 0 Å². The summed E-state index contributed by atoms with van der Waals surface area (Å²) in [4.78, 5) is 3.55. The third kappa shape index (κ3) is 1.93. The Kier molecular flexibility index (Phi) is 2.68. The molecule has 0 spiro atoms. The summed E-state index contributed by atoms with van der Waals surface area (Å²) in [6, 6.07) is 6.82. The number of para-hydroxylation sites is 2. The highest BCUT2D eigenvalue weighted by molar-refractivity contribution is 5.72. The molecule has 0 radical (unpaired) electrons. The summed E-state index contributed by atoms with van der Waals surface area (Å²) in [5, 5.41) is 2.68. The second-order valence-electron chi connectivity index (χ2n) is 3.20. The Labute approximate surface area is 90.9 Å². The monoisotopic (exact) mass is 221 g/mol. The lowest BCUT2D eigenvalue weighted by Gasteiger charge is -2.09. The molecule has 1 aromatic carbocycles. The molecule has 1 heterocycles. The number of hydrogen-bond donors (Lipinski definition) is 2. The number of rotatable bonds is 2. The number of aromatic nitrogens is 1. The van der Waals surface area contributed by atoms with Crippen LogP contribution in [0.5, 0.6) is 0 Å². The average molecular weight is 221 g/mol. The predicted octanol–water partition coefficient (Wildman–Crippen LogP) is 2.69. The Morgan fingerprint density at radius 1 is 1.06 bits per heavy atom. The van der Waals surface area contributed by atoms with Gasteiger partial charge >= 0.3 is 0 Å². The fourth-order valence-corrected chi connectivity index (χ4v) is 1.26. The molecule has 0 saturated heterocycles. The predicted molar refractivity (Wildman–Crippen MR) is 58.3 cm³/mol. The molecule has 2 aromatic rings. The highest BCUT2D eigenvalue weighted by atomic mass is 19.2. The smallest absolute Gasteiger partial charge is 0.185 e. The minimum Gasteiger partial charge on any atom is -0.397 e. The van der Waals surface area contributed by atoms with Gasteiger partial charge in [0.15, 0.2) is 11.6 Å². The van der Waals surface area contributed by atoms with E-state index in [2.05, 4.69) is 10.3 Å². The van der Waals surface area contributed by atoms with Crippen LogP contribution in [-0.4, -0.2) is 4.98 Å². The van der Waals surface area contributed by atoms with Gasteiger partial charge in [0, 0.05) is 0 Å². The molecule has 0 bridgehead atoms. The average Bonchev–Trinajstić information content (AvgIpc) is 2.28. The maximum absolute atomic E-state index is 13.3. The Balaban J connectivity index is 2.35. The first kappa shape index (κ1) is 10.4. The molecule has 0 unspecified atom stereocenters. The van der Waals surface area contributed by atoms with Crippen molar-refractivity contribution in [2.75, 3.05) is 11.1 Å². The number of nitrogen functional groups attached to an aromatic ring is 1. The van der Waals surface area contributed by atoms with E-state index >= 15 is 0 Å². The van der Waals surface area contributed by atoms with Gasteiger partial charge in [-0.25, -0.2) is 8.78 Å². The van der Waals surface area contributed by atoms with E-state index < -0.39 is 11.6 Å². The van der Waals surface area contributed by atoms with E-state index in [-0.39, 0.29) is 5.69 Å². The van der Waals surface area contributed by atoms with Crippen LogP contribution in [0, 0.1) is 11.6 Å². The SMILES string of the molecule is Nc1ccccc1Nc1cncc(F)c1F. The largest absolute Gasteiger partial charge is 0.397 e. The van der Waals surface area contributed by atoms with E-state index in [1.165, 1.54) is 6.20 Å². The van der Waals surface area contributed by atoms with Crippen LogP contribution in [0.3, 0.4) is 0 Å². The highest BCUT2D eigenvalue weighted by Gasteiger charge is 2.09. The van der Waals surface area contributed by atoms with Crippen molar-refractivity contribution in [3.05, 3.63) is 48.3 Å². The van der Waals surface area contributed by atoms with Gasteiger partial charge in [-0.1, -0.05) is 12.1 Å². The Morgan fingerprint density at radius 3 is 2.56 bits per heavy atom. The maximum Gasteiger partial charge on any atom is 0.185 e. The normalized spacial score (nSPS) is 10.1. The number of pyridine rings is 1. The molecule has 3 nitrogen and oxygen atoms in total. The summed E-state index contributed by atoms with van der Waals surface area (Å²) >= 11 is 0. The van der Waals surface area contributed by atoms with Gasteiger partial charge in [0.05, 0.1) is 29.5 Å². The fraction of sp³-hybridized carbons (Fsp3) is 0. The maximum atomic E-state index is 13.3. The lowest BCUT2D eigenvalue weighted by atomic mass is 10.2. The van der Waals surface area contributed by atoms with Crippen LogP contribution in [0.4, 0.5) is 25.8 Å². The van der Waals surface area contributed by atoms with Gasteiger partial charge in [-0.05, 0) is 12.1 Å². The molecule has 2 rings (SSSR count). The van der Waals surface area contributed by atoms with Crippen molar-refractivity contribution in [1.82, 2.24) is 4.98 Å². The number of anilines is 3. The molecule has 0 aliphatic carbocycles. The number of nitrogens with zero attached hydrogens (tertiary/aromatic N) is 1. The van der Waals surface area contributed by atoms with Gasteiger partial charge in [0.25, 0.3) is 0 Å². The minimum atomic E-state index is -1.00. The number of benzene rings is 1. The number of hydrogen-bond acceptors (Lipinski definition) is 3. The van der Waals surface area contributed by atoms with E-state index in [0.29, 0.717) is 11.4 Å². The van der Waals surface area contributed by atoms with Crippen LogP contribution >= 0.6 is 0 Å². The van der Waals surface area contributed by atoms with Gasteiger partial charge in [-0.3, -0.25) is 4.98 Å². The van der Waals surface area contributed by atoms with E-state index in [0.717, 1.165) is 6.20 Å². The molecule has 0 aliphatic heterocycles. The summed E-state index contributed by atoms with van der Waals surface area (Å²) in [6.07, 6.45) is 2.01. The molecule has 5 heteroatoms. The van der Waals surface area contributed by atoms with Gasteiger partial charge < -0.3 is 11.1 Å². The third-order valence-electron chi connectivity index (χ3n) is 2.07. The van der Waals surface area contributed by atoms with Gasteiger partial charge in [-0.2, -0.15) is 0 Å². The molecule has 0 amide bonds. The lowest BCUT2D eigenvalue weighted by Crippen LogP contribution is -2.00. The molecule has 0 atom stereocenters. The molecule has 3 N–H and O–H groups in total. The first-order valence-corrected chi connectivity index (χ1v) is 4.59. The molecule has 0 aliphatic rings. The van der Waals surface area contributed by atoms with Gasteiger partial charge in [0.2, 0.25) is 0 Å². The summed E-state index contributed by atoms with van der Waals surface area (Å²) in [5.41, 5.74) is 6.57. The zero-order valence-corrected chi connectivity index (χ0v) is 8.24. The molecule has 16 heavy (non-hydrogen) atoms. The van der Waals surface area contributed by atoms with Crippen molar-refractivity contribution < 1.29 is 8.78 Å². The topological polar surface area (TPSA) is 50.9 Å². The number of nitrogens with two attached hydrogens (primary N) is 1. The van der Waals surface area contributed by atoms with Crippen molar-refractivity contribution in [3.63, 3.8) is 0 Å². The molecular weight excluding hydrogens is 212 g/mol. The zero-order chi connectivity index (χ0) is 11.5. The molecule has 1 aromatic heterocycles. The van der Waals surface area contributed by atoms with Crippen LogP contribution in [0.1, 0.15) is 0 Å². The second-order valence-corrected chi connectivity index (χ2v) is 3.20. The van der Waals surface area contributed by atoms with E-state index in [1.54, 1.807) is 24.3 Å². The van der Waals surface area contributed by atoms with Crippen molar-refractivity contribution in [3.8, 4) is 0 Å². The minimum absolute atomic E-state index is 0.0436. The van der Waals surface area contributed by atoms with Crippen LogP contribution < -0.4 is 11.1 Å². The fourth-order valence-electron chi connectivity index (χ4n) is 1.26. The quantitative estimate of drug-likeness (QED) is 0.766. The highest BCUT2D eigenvalue weighted by Crippen LogP contribution is 2.24. The van der Waals surface area contributed by atoms with E-state index in [9.17, 15) is 8.78 Å². The lowest BCUT2D eigenvalue weighted by molar-refractivity contribution is 0.507. The van der Waals surface area contributed by atoms with Gasteiger partial charge in [0.1, 0.15) is 0 Å². The van der Waals surface area contributed by atoms with Crippen LogP contribution in [-0.2, 0) is 0 Å². The van der Waals surface area contributed by atoms with Crippen molar-refractivity contribution in [1.29, 1.82) is 0 Å². The number of halogens is 2. The zero-order valence-electron chi connectivity index (χ0n) is 8.24. The Hall–Kier alpha value is -2.17. The summed E-state index contributed by atoms with van der Waals surface area (Å²) < 4.78 is 26.2. The van der Waals surface area contributed by atoms with Crippen LogP contribution in [0.2, 0.25) is 0 Å². The Morgan fingerprint density at radius 2 is 1.81 bits per heavy atom. The first-order chi connectivity index (χ1) is 7.68. The summed E-state index contributed by atoms with van der Waals surface area (Å²) in [5.74, 6) is -1.97. The summed E-state index contributed by atoms with van der Waals surface area (Å²) in [6.45, 7) is 0. The molecule has 0 saturated carbocycles. The third-order valence-corrected chi connectivity index (χ3v) is 2.07. The van der Waals surface area contributed by atoms with Crippen LogP contribution in [0.15, 0.2) is 36.7 Å². The van der Waals surface area contributed by atoms with Crippen molar-refractivity contribution >= 4 is 17.1 Å². The molecular formula is C11H9F2N3. The van der Waals surface area contributed by atoms with Crippen LogP contribution in [0.25, 0.3) is 0 Å². The van der Waals surface area contributed by atoms with Gasteiger partial charge in [-0.15, -0.1) is 0 Å². The summed E-state index contributed by atoms with van der Waals surface area (Å²) in [7, 11) is 0. The standard InChI is InChI=1S/C11H9F2N3/c12-7-5-15-6-10(11(7)13)16-9-4-2-1-3-8(9)14/h1-6,16H,14H2. The number of nitrogens with one attached hydrogen (secondary N) is 1. The van der Waals surface area contributed by atoms with E-state index in [1.807, 2.05) is 0 Å². The Bertz CT molecular complexity index is 514. The molecule has 0 fully saturated rings. The second kappa shape index (κ2) is 4.14.